The van der Waals surface area contributed by atoms with Crippen molar-refractivity contribution in [2.45, 2.75) is 56.7 Å². The predicted molar refractivity (Wildman–Crippen MR) is 133 cm³/mol. The largest absolute Gasteiger partial charge is 0.475 e. The van der Waals surface area contributed by atoms with E-state index in [1.54, 1.807) is 6.92 Å². The minimum absolute atomic E-state index is 0.0199. The molecule has 0 aliphatic carbocycles. The first-order chi connectivity index (χ1) is 19.4. The van der Waals surface area contributed by atoms with Gasteiger partial charge in [0.2, 0.25) is 5.95 Å². The molecule has 4 heterocycles. The lowest BCUT2D eigenvalue weighted by Gasteiger charge is -2.31. The Morgan fingerprint density at radius 3 is 2.48 bits per heavy atom. The molecule has 2 aliphatic heterocycles. The number of ether oxygens (including phenoxy) is 1. The van der Waals surface area contributed by atoms with Gasteiger partial charge < -0.3 is 20.1 Å². The van der Waals surface area contributed by atoms with Gasteiger partial charge in [-0.3, -0.25) is 23.3 Å². The molecule has 4 N–H and O–H groups in total. The third-order valence-electron chi connectivity index (χ3n) is 7.40. The van der Waals surface area contributed by atoms with Crippen LogP contribution in [-0.2, 0) is 35.2 Å². The van der Waals surface area contributed by atoms with Gasteiger partial charge in [-0.2, -0.15) is 31.3 Å². The van der Waals surface area contributed by atoms with Crippen molar-refractivity contribution in [1.29, 1.82) is 0 Å². The molecule has 5 rings (SSSR count). The van der Waals surface area contributed by atoms with Gasteiger partial charge in [0, 0.05) is 18.5 Å². The fourth-order valence-corrected chi connectivity index (χ4v) is 6.33. The van der Waals surface area contributed by atoms with E-state index in [1.807, 2.05) is 0 Å². The van der Waals surface area contributed by atoms with Crippen LogP contribution in [0.4, 0.5) is 32.3 Å². The molecule has 0 spiro atoms. The lowest BCUT2D eigenvalue weighted by atomic mass is 9.88. The van der Waals surface area contributed by atoms with Gasteiger partial charge in [-0.05, 0) is 36.8 Å². The average Bonchev–Trinajstić information content (AvgIpc) is 3.39. The highest BCUT2D eigenvalue weighted by Gasteiger charge is 2.52. The molecular weight excluding hydrogens is 601 g/mol. The second kappa shape index (κ2) is 10.3. The number of alkyl halides is 6. The van der Waals surface area contributed by atoms with Gasteiger partial charge in [0.25, 0.3) is 5.56 Å². The number of H-pyrrole nitrogens is 1. The van der Waals surface area contributed by atoms with Crippen LogP contribution in [0.3, 0.4) is 0 Å². The zero-order chi connectivity index (χ0) is 30.8. The van der Waals surface area contributed by atoms with Crippen LogP contribution in [0.15, 0.2) is 35.3 Å². The molecule has 2 saturated heterocycles. The Bertz CT molecular complexity index is 1570. The van der Waals surface area contributed by atoms with E-state index in [2.05, 4.69) is 9.97 Å². The molecule has 0 bridgehead atoms. The fraction of sp³-hybridized carbons (Fsp3) is 0.500. The van der Waals surface area contributed by atoms with E-state index in [0.717, 1.165) is 0 Å². The molecule has 0 radical (unpaired) electrons. The zero-order valence-electron chi connectivity index (χ0n) is 21.9. The molecule has 1 unspecified atom stereocenters. The number of phosphoric ester groups is 1. The van der Waals surface area contributed by atoms with Crippen LogP contribution in [0, 0.1) is 5.92 Å². The molecule has 1 aromatic carbocycles. The molecule has 2 aromatic heterocycles. The number of nitrogens with two attached hydrogens (primary N) is 1. The van der Waals surface area contributed by atoms with E-state index >= 15 is 0 Å². The van der Waals surface area contributed by atoms with Crippen LogP contribution in [0.5, 0.6) is 0 Å². The standard InChI is InChI=1S/C24H25F6N4O7P/c1-11-17(40-20(22(11,2)36)34-5-3-15-18(34)32-21(31)33-19(15)35)10-39-42(37)38-6-4-16(41-42)12-7-13(23(25,26)27)9-14(8-12)24(28,29)30/h3,5,7-9,11,16-17,20,36H,4,6,10H2,1-2H3,(H3,31,32,33,35)/t11-,16-,17-,20-,22-,42?/m1/s1. The Balaban J connectivity index is 1.35. The van der Waals surface area contributed by atoms with Crippen LogP contribution in [-0.4, -0.2) is 44.6 Å². The van der Waals surface area contributed by atoms with Crippen molar-refractivity contribution in [2.75, 3.05) is 18.9 Å². The maximum atomic E-state index is 13.3. The quantitative estimate of drug-likeness (QED) is 0.265. The summed E-state index contributed by atoms with van der Waals surface area (Å²) in [4.78, 5) is 18.7. The van der Waals surface area contributed by atoms with Gasteiger partial charge >= 0.3 is 20.2 Å². The summed E-state index contributed by atoms with van der Waals surface area (Å²) in [6, 6.07) is 2.42. The number of aliphatic hydroxyl groups is 1. The van der Waals surface area contributed by atoms with Crippen molar-refractivity contribution >= 4 is 24.8 Å². The number of phosphoric acid groups is 1. The van der Waals surface area contributed by atoms with Gasteiger partial charge in [0.15, 0.2) is 11.9 Å². The number of rotatable bonds is 5. The van der Waals surface area contributed by atoms with Crippen LogP contribution in [0.1, 0.15) is 49.3 Å². The Morgan fingerprint density at radius 2 is 1.86 bits per heavy atom. The number of halogens is 6. The van der Waals surface area contributed by atoms with Crippen molar-refractivity contribution in [3.8, 4) is 0 Å². The summed E-state index contributed by atoms with van der Waals surface area (Å²) >= 11 is 0. The van der Waals surface area contributed by atoms with E-state index in [9.17, 15) is 40.8 Å². The normalized spacial score (nSPS) is 30.7. The summed E-state index contributed by atoms with van der Waals surface area (Å²) in [6.07, 6.45) is -12.4. The molecule has 2 aliphatic rings. The molecule has 0 saturated carbocycles. The Labute approximate surface area is 233 Å². The lowest BCUT2D eigenvalue weighted by molar-refractivity contribution is -0.143. The van der Waals surface area contributed by atoms with Crippen molar-refractivity contribution in [2.24, 2.45) is 5.92 Å². The minimum Gasteiger partial charge on any atom is -0.385 e. The molecular formula is C24H25F6N4O7P. The molecule has 2 fully saturated rings. The Hall–Kier alpha value is -2.95. The summed E-state index contributed by atoms with van der Waals surface area (Å²) in [5.41, 5.74) is 0.0963. The molecule has 230 valence electrons. The highest BCUT2D eigenvalue weighted by Crippen LogP contribution is 2.58. The Morgan fingerprint density at radius 1 is 1.21 bits per heavy atom. The molecule has 6 atom stereocenters. The summed E-state index contributed by atoms with van der Waals surface area (Å²) in [5, 5.41) is 11.5. The maximum Gasteiger partial charge on any atom is 0.475 e. The first-order valence-corrected chi connectivity index (χ1v) is 14.0. The van der Waals surface area contributed by atoms with Crippen LogP contribution < -0.4 is 11.3 Å². The van der Waals surface area contributed by atoms with E-state index in [-0.39, 0.29) is 36.1 Å². The molecule has 3 aromatic rings. The highest BCUT2D eigenvalue weighted by molar-refractivity contribution is 7.48. The average molecular weight is 626 g/mol. The molecule has 11 nitrogen and oxygen atoms in total. The zero-order valence-corrected chi connectivity index (χ0v) is 22.8. The maximum absolute atomic E-state index is 13.3. The van der Waals surface area contributed by atoms with E-state index in [4.69, 9.17) is 24.0 Å². The first kappa shape index (κ1) is 30.5. The monoisotopic (exact) mass is 626 g/mol. The van der Waals surface area contributed by atoms with Gasteiger partial charge in [0.1, 0.15) is 5.60 Å². The number of aromatic amines is 1. The number of fused-ring (bicyclic) bond motifs is 1. The van der Waals surface area contributed by atoms with Crippen molar-refractivity contribution in [3.05, 3.63) is 57.5 Å². The number of anilines is 1. The number of aromatic nitrogens is 3. The number of hydrogen-bond acceptors (Lipinski definition) is 9. The van der Waals surface area contributed by atoms with Crippen LogP contribution in [0.2, 0.25) is 0 Å². The number of hydrogen-bond donors (Lipinski definition) is 3. The summed E-state index contributed by atoms with van der Waals surface area (Å²) in [7, 11) is -4.50. The summed E-state index contributed by atoms with van der Waals surface area (Å²) in [5.74, 6) is -0.857. The van der Waals surface area contributed by atoms with Gasteiger partial charge in [-0.25, -0.2) is 4.57 Å². The Kier molecular flexibility index (Phi) is 7.52. The van der Waals surface area contributed by atoms with Crippen LogP contribution in [0.25, 0.3) is 11.0 Å². The van der Waals surface area contributed by atoms with Crippen LogP contribution >= 0.6 is 7.82 Å². The van der Waals surface area contributed by atoms with Crippen molar-refractivity contribution < 1.29 is 54.3 Å². The topological polar surface area (TPSA) is 151 Å². The number of benzene rings is 1. The highest BCUT2D eigenvalue weighted by atomic mass is 31.2. The third-order valence-corrected chi connectivity index (χ3v) is 8.88. The molecule has 0 amide bonds. The number of nitrogens with one attached hydrogen (secondary N) is 1. The van der Waals surface area contributed by atoms with E-state index in [0.29, 0.717) is 12.1 Å². The predicted octanol–water partition coefficient (Wildman–Crippen LogP) is 4.93. The number of nitrogens with zero attached hydrogens (tertiary/aromatic N) is 2. The van der Waals surface area contributed by atoms with Crippen molar-refractivity contribution in [1.82, 2.24) is 14.5 Å². The van der Waals surface area contributed by atoms with Gasteiger partial charge in [0.05, 0.1) is 41.9 Å². The second-order valence-electron chi connectivity index (χ2n) is 10.3. The summed E-state index contributed by atoms with van der Waals surface area (Å²) in [6.45, 7) is 2.22. The van der Waals surface area contributed by atoms with E-state index in [1.165, 1.54) is 23.8 Å². The first-order valence-electron chi connectivity index (χ1n) is 12.5. The smallest absolute Gasteiger partial charge is 0.385 e. The number of nitrogen functional groups attached to an aromatic ring is 1. The second-order valence-corrected chi connectivity index (χ2v) is 11.9. The SMILES string of the molecule is C[C@@H]1[C@@H](COP2(=O)OCC[C@H](c3cc(C(F)(F)F)cc(C(F)(F)F)c3)O2)O[C@@H](n2ccc3c(=O)[nH]c(N)nc32)[C@]1(C)O. The molecule has 42 heavy (non-hydrogen) atoms. The van der Waals surface area contributed by atoms with Gasteiger partial charge in [-0.1, -0.05) is 6.92 Å². The van der Waals surface area contributed by atoms with Gasteiger partial charge in [-0.15, -0.1) is 0 Å². The fourth-order valence-electron chi connectivity index (χ4n) is 4.94. The van der Waals surface area contributed by atoms with E-state index < -0.39 is 79.0 Å². The summed E-state index contributed by atoms with van der Waals surface area (Å²) < 4.78 is 116. The third kappa shape index (κ3) is 5.68. The lowest BCUT2D eigenvalue weighted by Crippen LogP contribution is -2.38. The van der Waals surface area contributed by atoms with Crippen molar-refractivity contribution in [3.63, 3.8) is 0 Å². The molecule has 18 heteroatoms. The minimum atomic E-state index is -5.08.